The molecule has 0 unspecified atom stereocenters. The van der Waals surface area contributed by atoms with Gasteiger partial charge in [-0.3, -0.25) is 14.4 Å². The molecule has 0 radical (unpaired) electrons. The zero-order valence-electron chi connectivity index (χ0n) is 20.5. The minimum Gasteiger partial charge on any atom is -0.406 e. The molecule has 1 aliphatic heterocycles. The Bertz CT molecular complexity index is 1160. The van der Waals surface area contributed by atoms with Crippen LogP contribution >= 0.6 is 0 Å². The highest BCUT2D eigenvalue weighted by Gasteiger charge is 2.31. The number of aromatic nitrogens is 5. The fourth-order valence-electron chi connectivity index (χ4n) is 4.07. The Balaban J connectivity index is 1.16. The van der Waals surface area contributed by atoms with Crippen molar-refractivity contribution in [2.24, 2.45) is 0 Å². The molecule has 0 saturated carbocycles. The standard InChI is InChI=1S/C24H29F3N8O2/c1-18-16-35(32-29-18)10-3-2-5-19-8-9-22(31-30-19)28-23(36)17-33-11-13-34(14-12-33)20-6-4-7-21(15-20)37-24(25,26)27/h4,6-9,15-16H,2-3,5,10-14,17H2,1H3,(H,28,31,36). The lowest BCUT2D eigenvalue weighted by atomic mass is 10.2. The Morgan fingerprint density at radius 1 is 1.05 bits per heavy atom. The van der Waals surface area contributed by atoms with E-state index < -0.39 is 6.36 Å². The number of ether oxygens (including phenoxy) is 1. The summed E-state index contributed by atoms with van der Waals surface area (Å²) in [5.74, 6) is -0.0491. The van der Waals surface area contributed by atoms with Crippen LogP contribution in [0.5, 0.6) is 5.75 Å². The van der Waals surface area contributed by atoms with Crippen molar-refractivity contribution >= 4 is 17.4 Å². The van der Waals surface area contributed by atoms with E-state index in [-0.39, 0.29) is 18.2 Å². The SMILES string of the molecule is Cc1cn(CCCCc2ccc(NC(=O)CN3CCN(c4cccc(OC(F)(F)F)c4)CC3)nn2)nn1. The van der Waals surface area contributed by atoms with Crippen molar-refractivity contribution in [2.45, 2.75) is 39.1 Å². The Morgan fingerprint density at radius 2 is 1.86 bits per heavy atom. The third-order valence-corrected chi connectivity index (χ3v) is 5.87. The Labute approximate surface area is 212 Å². The van der Waals surface area contributed by atoms with Crippen LogP contribution in [0.1, 0.15) is 24.2 Å². The van der Waals surface area contributed by atoms with Gasteiger partial charge < -0.3 is 15.0 Å². The van der Waals surface area contributed by atoms with Gasteiger partial charge in [0, 0.05) is 50.7 Å². The molecule has 0 bridgehead atoms. The summed E-state index contributed by atoms with van der Waals surface area (Å²) in [6.07, 6.45) is -0.154. The fourth-order valence-corrected chi connectivity index (χ4v) is 4.07. The molecule has 1 aliphatic rings. The number of hydrogen-bond acceptors (Lipinski definition) is 8. The highest BCUT2D eigenvalue weighted by atomic mass is 19.4. The molecule has 4 rings (SSSR count). The summed E-state index contributed by atoms with van der Waals surface area (Å²) < 4.78 is 43.3. The van der Waals surface area contributed by atoms with Gasteiger partial charge in [0.15, 0.2) is 5.82 Å². The molecule has 10 nitrogen and oxygen atoms in total. The number of hydrogen-bond donors (Lipinski definition) is 1. The van der Waals surface area contributed by atoms with E-state index in [0.29, 0.717) is 37.7 Å². The van der Waals surface area contributed by atoms with E-state index in [9.17, 15) is 18.0 Å². The molecule has 1 saturated heterocycles. The number of nitrogens with zero attached hydrogens (tertiary/aromatic N) is 7. The van der Waals surface area contributed by atoms with Crippen molar-refractivity contribution in [2.75, 3.05) is 42.9 Å². The van der Waals surface area contributed by atoms with Gasteiger partial charge in [-0.25, -0.2) is 0 Å². The number of amides is 1. The number of benzene rings is 1. The number of carbonyl (C=O) groups excluding carboxylic acids is 1. The smallest absolute Gasteiger partial charge is 0.406 e. The average Bonchev–Trinajstić information content (AvgIpc) is 3.27. The zero-order chi connectivity index (χ0) is 26.3. The molecule has 13 heteroatoms. The second-order valence-electron chi connectivity index (χ2n) is 8.85. The van der Waals surface area contributed by atoms with Gasteiger partial charge in [-0.2, -0.15) is 5.10 Å². The van der Waals surface area contributed by atoms with Crippen LogP contribution in [0.4, 0.5) is 24.7 Å². The fraction of sp³-hybridized carbons (Fsp3) is 0.458. The van der Waals surface area contributed by atoms with Crippen LogP contribution in [-0.2, 0) is 17.8 Å². The van der Waals surface area contributed by atoms with Gasteiger partial charge in [0.2, 0.25) is 5.91 Å². The van der Waals surface area contributed by atoms with Crippen LogP contribution in [0.2, 0.25) is 0 Å². The number of carbonyl (C=O) groups is 1. The van der Waals surface area contributed by atoms with E-state index in [2.05, 4.69) is 30.6 Å². The average molecular weight is 519 g/mol. The van der Waals surface area contributed by atoms with E-state index in [1.165, 1.54) is 18.2 Å². The van der Waals surface area contributed by atoms with Crippen molar-refractivity contribution in [3.8, 4) is 5.75 Å². The number of piperazine rings is 1. The molecule has 1 N–H and O–H groups in total. The lowest BCUT2D eigenvalue weighted by Crippen LogP contribution is -2.48. The largest absolute Gasteiger partial charge is 0.573 e. The van der Waals surface area contributed by atoms with Crippen LogP contribution in [0.25, 0.3) is 0 Å². The van der Waals surface area contributed by atoms with Gasteiger partial charge in [0.1, 0.15) is 5.75 Å². The first kappa shape index (κ1) is 26.3. The van der Waals surface area contributed by atoms with E-state index in [4.69, 9.17) is 0 Å². The Morgan fingerprint density at radius 3 is 2.54 bits per heavy atom. The quantitative estimate of drug-likeness (QED) is 0.409. The molecular weight excluding hydrogens is 489 g/mol. The maximum Gasteiger partial charge on any atom is 0.573 e. The minimum absolute atomic E-state index is 0.191. The first-order chi connectivity index (χ1) is 17.7. The number of aryl methyl sites for hydroxylation is 3. The predicted octanol–water partition coefficient (Wildman–Crippen LogP) is 3.06. The highest BCUT2D eigenvalue weighted by Crippen LogP contribution is 2.27. The van der Waals surface area contributed by atoms with E-state index in [1.807, 2.05) is 33.7 Å². The number of rotatable bonds is 10. The monoisotopic (exact) mass is 518 g/mol. The van der Waals surface area contributed by atoms with Crippen molar-refractivity contribution in [3.63, 3.8) is 0 Å². The summed E-state index contributed by atoms with van der Waals surface area (Å²) in [6, 6.07) is 9.52. The van der Waals surface area contributed by atoms with Crippen LogP contribution in [0, 0.1) is 6.92 Å². The van der Waals surface area contributed by atoms with Crippen LogP contribution < -0.4 is 15.0 Å². The first-order valence-electron chi connectivity index (χ1n) is 12.1. The van der Waals surface area contributed by atoms with Crippen LogP contribution in [0.15, 0.2) is 42.6 Å². The minimum atomic E-state index is -4.73. The van der Waals surface area contributed by atoms with E-state index >= 15 is 0 Å². The van der Waals surface area contributed by atoms with Crippen LogP contribution in [-0.4, -0.2) is 75.1 Å². The summed E-state index contributed by atoms with van der Waals surface area (Å²) in [5.41, 5.74) is 2.40. The lowest BCUT2D eigenvalue weighted by molar-refractivity contribution is -0.274. The van der Waals surface area contributed by atoms with Crippen molar-refractivity contribution in [3.05, 3.63) is 54.0 Å². The Kier molecular flexibility index (Phi) is 8.54. The first-order valence-corrected chi connectivity index (χ1v) is 12.1. The normalized spacial score (nSPS) is 14.5. The third-order valence-electron chi connectivity index (χ3n) is 5.87. The second kappa shape index (κ2) is 12.0. The molecule has 1 fully saturated rings. The van der Waals surface area contributed by atoms with Gasteiger partial charge in [0.25, 0.3) is 0 Å². The summed E-state index contributed by atoms with van der Waals surface area (Å²) in [4.78, 5) is 16.4. The van der Waals surface area contributed by atoms with Gasteiger partial charge in [-0.1, -0.05) is 11.3 Å². The van der Waals surface area contributed by atoms with Gasteiger partial charge in [-0.05, 0) is 50.5 Å². The number of unbranched alkanes of at least 4 members (excludes halogenated alkanes) is 1. The summed E-state index contributed by atoms with van der Waals surface area (Å²) in [7, 11) is 0. The summed E-state index contributed by atoms with van der Waals surface area (Å²) in [5, 5.41) is 19.1. The molecular formula is C24H29F3N8O2. The maximum absolute atomic E-state index is 12.5. The maximum atomic E-state index is 12.5. The van der Waals surface area contributed by atoms with E-state index in [0.717, 1.165) is 37.2 Å². The third kappa shape index (κ3) is 8.41. The molecule has 3 heterocycles. The zero-order valence-corrected chi connectivity index (χ0v) is 20.5. The summed E-state index contributed by atoms with van der Waals surface area (Å²) in [6.45, 7) is 5.24. The summed E-state index contributed by atoms with van der Waals surface area (Å²) >= 11 is 0. The molecule has 1 aromatic carbocycles. The molecule has 2 aromatic heterocycles. The van der Waals surface area contributed by atoms with Crippen molar-refractivity contribution in [1.82, 2.24) is 30.1 Å². The predicted molar refractivity (Wildman–Crippen MR) is 130 cm³/mol. The molecule has 1 amide bonds. The van der Waals surface area contributed by atoms with Crippen molar-refractivity contribution < 1.29 is 22.7 Å². The molecule has 0 atom stereocenters. The molecule has 3 aromatic rings. The topological polar surface area (TPSA) is 101 Å². The Hall–Kier alpha value is -3.74. The lowest BCUT2D eigenvalue weighted by Gasteiger charge is -2.35. The van der Waals surface area contributed by atoms with Gasteiger partial charge >= 0.3 is 6.36 Å². The number of halogens is 3. The number of anilines is 2. The molecule has 0 spiro atoms. The molecule has 198 valence electrons. The number of nitrogens with one attached hydrogen (secondary N) is 1. The van der Waals surface area contributed by atoms with Crippen molar-refractivity contribution in [1.29, 1.82) is 0 Å². The van der Waals surface area contributed by atoms with Gasteiger partial charge in [-0.15, -0.1) is 23.4 Å². The number of alkyl halides is 3. The van der Waals surface area contributed by atoms with E-state index in [1.54, 1.807) is 12.1 Å². The molecule has 0 aliphatic carbocycles. The molecule has 37 heavy (non-hydrogen) atoms. The van der Waals surface area contributed by atoms with Gasteiger partial charge in [0.05, 0.1) is 17.9 Å². The highest BCUT2D eigenvalue weighted by molar-refractivity contribution is 5.91. The van der Waals surface area contributed by atoms with Crippen LogP contribution in [0.3, 0.4) is 0 Å². The second-order valence-corrected chi connectivity index (χ2v) is 8.85.